The monoisotopic (exact) mass is 286 g/mol. The maximum absolute atomic E-state index is 12.2. The summed E-state index contributed by atoms with van der Waals surface area (Å²) in [5.74, 6) is -0.243. The van der Waals surface area contributed by atoms with Crippen molar-refractivity contribution in [3.05, 3.63) is 0 Å². The fourth-order valence-corrected chi connectivity index (χ4v) is 2.03. The molecule has 1 fully saturated rings. The van der Waals surface area contributed by atoms with Crippen molar-refractivity contribution in [3.8, 4) is 0 Å². The maximum Gasteiger partial charge on any atom is 0.410 e. The molecule has 0 aromatic carbocycles. The second kappa shape index (κ2) is 5.99. The molecule has 0 unspecified atom stereocenters. The number of aliphatic hydroxyl groups is 1. The molecule has 1 heterocycles. The number of ether oxygens (including phenoxy) is 1. The van der Waals surface area contributed by atoms with Crippen molar-refractivity contribution < 1.29 is 19.4 Å². The highest BCUT2D eigenvalue weighted by atomic mass is 16.6. The summed E-state index contributed by atoms with van der Waals surface area (Å²) in [7, 11) is 0. The van der Waals surface area contributed by atoms with Gasteiger partial charge in [-0.15, -0.1) is 0 Å². The Bertz CT molecular complexity index is 374. The Morgan fingerprint density at radius 3 is 2.40 bits per heavy atom. The Labute approximate surface area is 120 Å². The number of nitrogens with one attached hydrogen (secondary N) is 1. The predicted octanol–water partition coefficient (Wildman–Crippen LogP) is 1.27. The summed E-state index contributed by atoms with van der Waals surface area (Å²) in [6, 6.07) is -0.518. The van der Waals surface area contributed by atoms with Crippen LogP contribution in [0.15, 0.2) is 0 Å². The Kier molecular flexibility index (Phi) is 5.02. The van der Waals surface area contributed by atoms with E-state index in [0.717, 1.165) is 6.42 Å². The largest absolute Gasteiger partial charge is 0.444 e. The van der Waals surface area contributed by atoms with Gasteiger partial charge in [0.2, 0.25) is 5.91 Å². The lowest BCUT2D eigenvalue weighted by Gasteiger charge is -2.30. The van der Waals surface area contributed by atoms with E-state index in [4.69, 9.17) is 4.74 Å². The van der Waals surface area contributed by atoms with Crippen LogP contribution in [-0.2, 0) is 9.53 Å². The molecule has 2 N–H and O–H groups in total. The Morgan fingerprint density at radius 1 is 1.30 bits per heavy atom. The molecule has 1 aliphatic rings. The summed E-state index contributed by atoms with van der Waals surface area (Å²) in [6.45, 7) is 9.22. The predicted molar refractivity (Wildman–Crippen MR) is 75.3 cm³/mol. The van der Waals surface area contributed by atoms with Gasteiger partial charge < -0.3 is 15.2 Å². The number of nitrogens with zero attached hydrogens (tertiary/aromatic N) is 1. The molecule has 0 radical (unpaired) electrons. The summed E-state index contributed by atoms with van der Waals surface area (Å²) in [5, 5.41) is 12.0. The first-order valence-corrected chi connectivity index (χ1v) is 6.98. The molecule has 0 bridgehead atoms. The molecule has 0 saturated carbocycles. The third-order valence-corrected chi connectivity index (χ3v) is 3.04. The van der Waals surface area contributed by atoms with E-state index < -0.39 is 23.3 Å². The molecule has 0 aromatic rings. The van der Waals surface area contributed by atoms with Gasteiger partial charge >= 0.3 is 6.09 Å². The summed E-state index contributed by atoms with van der Waals surface area (Å²) in [5.41, 5.74) is -1.27. The number of hydrogen-bond acceptors (Lipinski definition) is 4. The lowest BCUT2D eigenvalue weighted by molar-refractivity contribution is -0.127. The normalized spacial score (nSPS) is 19.9. The highest BCUT2D eigenvalue weighted by molar-refractivity contribution is 5.86. The van der Waals surface area contributed by atoms with Crippen molar-refractivity contribution in [2.75, 3.05) is 13.2 Å². The number of hydrogen-bond donors (Lipinski definition) is 2. The number of likely N-dealkylation sites (tertiary alicyclic amines) is 1. The molecule has 0 spiro atoms. The first kappa shape index (κ1) is 16.8. The second-order valence-corrected chi connectivity index (χ2v) is 6.86. The van der Waals surface area contributed by atoms with Crippen molar-refractivity contribution in [3.63, 3.8) is 0 Å². The van der Waals surface area contributed by atoms with Crippen LogP contribution in [0, 0.1) is 0 Å². The first-order chi connectivity index (χ1) is 9.06. The standard InChI is InChI=1S/C14H26N2O4/c1-13(2,3)20-12(19)16-8-6-7-10(16)11(18)15-14(4,5)9-17/h10,17H,6-9H2,1-5H3,(H,15,18)/t10-/m0/s1. The van der Waals surface area contributed by atoms with Crippen molar-refractivity contribution >= 4 is 12.0 Å². The Balaban J connectivity index is 2.70. The average Bonchev–Trinajstić information content (AvgIpc) is 2.75. The van der Waals surface area contributed by atoms with E-state index in [1.807, 2.05) is 0 Å². The summed E-state index contributed by atoms with van der Waals surface area (Å²) < 4.78 is 5.32. The topological polar surface area (TPSA) is 78.9 Å². The van der Waals surface area contributed by atoms with E-state index in [1.165, 1.54) is 4.90 Å². The minimum Gasteiger partial charge on any atom is -0.444 e. The molecule has 20 heavy (non-hydrogen) atoms. The molecule has 1 rings (SSSR count). The highest BCUT2D eigenvalue weighted by Gasteiger charge is 2.38. The van der Waals surface area contributed by atoms with E-state index >= 15 is 0 Å². The quantitative estimate of drug-likeness (QED) is 0.819. The van der Waals surface area contributed by atoms with E-state index in [0.29, 0.717) is 13.0 Å². The number of rotatable bonds is 3. The van der Waals surface area contributed by atoms with Crippen LogP contribution in [0.4, 0.5) is 4.79 Å². The lowest BCUT2D eigenvalue weighted by Crippen LogP contribution is -2.54. The van der Waals surface area contributed by atoms with Crippen LogP contribution in [-0.4, -0.2) is 52.3 Å². The van der Waals surface area contributed by atoms with E-state index in [1.54, 1.807) is 34.6 Å². The first-order valence-electron chi connectivity index (χ1n) is 6.98. The van der Waals surface area contributed by atoms with Gasteiger partial charge in [0.1, 0.15) is 11.6 Å². The number of carbonyl (C=O) groups excluding carboxylic acids is 2. The maximum atomic E-state index is 12.2. The van der Waals surface area contributed by atoms with Crippen LogP contribution in [0.25, 0.3) is 0 Å². The van der Waals surface area contributed by atoms with Gasteiger partial charge in [0.15, 0.2) is 0 Å². The van der Waals surface area contributed by atoms with Crippen LogP contribution in [0.1, 0.15) is 47.5 Å². The van der Waals surface area contributed by atoms with Crippen molar-refractivity contribution in [1.29, 1.82) is 0 Å². The minimum atomic E-state index is -0.695. The molecule has 6 heteroatoms. The molecular weight excluding hydrogens is 260 g/mol. The molecular formula is C14H26N2O4. The number of aliphatic hydroxyl groups excluding tert-OH is 1. The number of amides is 2. The van der Waals surface area contributed by atoms with Gasteiger partial charge in [-0.3, -0.25) is 9.69 Å². The second-order valence-electron chi connectivity index (χ2n) is 6.86. The van der Waals surface area contributed by atoms with E-state index in [-0.39, 0.29) is 12.5 Å². The molecule has 116 valence electrons. The van der Waals surface area contributed by atoms with Crippen molar-refractivity contribution in [2.45, 2.75) is 64.6 Å². The fraction of sp³-hybridized carbons (Fsp3) is 0.857. The summed E-state index contributed by atoms with van der Waals surface area (Å²) >= 11 is 0. The van der Waals surface area contributed by atoms with Crippen LogP contribution < -0.4 is 5.32 Å². The molecule has 2 amide bonds. The third-order valence-electron chi connectivity index (χ3n) is 3.04. The zero-order chi connectivity index (χ0) is 15.6. The van der Waals surface area contributed by atoms with Gasteiger partial charge in [-0.25, -0.2) is 4.79 Å². The molecule has 1 atom stereocenters. The SMILES string of the molecule is CC(C)(CO)NC(=O)[C@@H]1CCCN1C(=O)OC(C)(C)C. The van der Waals surface area contributed by atoms with Crippen LogP contribution >= 0.6 is 0 Å². The zero-order valence-corrected chi connectivity index (χ0v) is 13.0. The smallest absolute Gasteiger partial charge is 0.410 e. The van der Waals surface area contributed by atoms with Gasteiger partial charge in [-0.2, -0.15) is 0 Å². The minimum absolute atomic E-state index is 0.155. The van der Waals surface area contributed by atoms with E-state index in [9.17, 15) is 14.7 Å². The van der Waals surface area contributed by atoms with Gasteiger partial charge in [0, 0.05) is 6.54 Å². The average molecular weight is 286 g/mol. The zero-order valence-electron chi connectivity index (χ0n) is 13.0. The number of carbonyl (C=O) groups is 2. The summed E-state index contributed by atoms with van der Waals surface area (Å²) in [6.07, 6.45) is 0.931. The van der Waals surface area contributed by atoms with Crippen molar-refractivity contribution in [1.82, 2.24) is 10.2 Å². The molecule has 1 aliphatic heterocycles. The van der Waals surface area contributed by atoms with Gasteiger partial charge in [-0.1, -0.05) is 0 Å². The molecule has 1 saturated heterocycles. The van der Waals surface area contributed by atoms with Gasteiger partial charge in [0.05, 0.1) is 12.1 Å². The van der Waals surface area contributed by atoms with Gasteiger partial charge in [-0.05, 0) is 47.5 Å². The molecule has 0 aromatic heterocycles. The lowest BCUT2D eigenvalue weighted by atomic mass is 10.1. The third kappa shape index (κ3) is 4.67. The van der Waals surface area contributed by atoms with Crippen molar-refractivity contribution in [2.24, 2.45) is 0 Å². The van der Waals surface area contributed by atoms with Crippen LogP contribution in [0.5, 0.6) is 0 Å². The molecule has 0 aliphatic carbocycles. The van der Waals surface area contributed by atoms with E-state index in [2.05, 4.69) is 5.32 Å². The highest BCUT2D eigenvalue weighted by Crippen LogP contribution is 2.21. The van der Waals surface area contributed by atoms with Crippen LogP contribution in [0.2, 0.25) is 0 Å². The fourth-order valence-electron chi connectivity index (χ4n) is 2.03. The Hall–Kier alpha value is -1.30. The van der Waals surface area contributed by atoms with Gasteiger partial charge in [0.25, 0.3) is 0 Å². The van der Waals surface area contributed by atoms with Crippen LogP contribution in [0.3, 0.4) is 0 Å². The summed E-state index contributed by atoms with van der Waals surface area (Å²) in [4.78, 5) is 25.8. The molecule has 6 nitrogen and oxygen atoms in total. The Morgan fingerprint density at radius 2 is 1.90 bits per heavy atom.